The van der Waals surface area contributed by atoms with Crippen molar-refractivity contribution in [1.29, 1.82) is 0 Å². The molecule has 2 N–H and O–H groups in total. The van der Waals surface area contributed by atoms with Gasteiger partial charge in [0.1, 0.15) is 17.7 Å². The van der Waals surface area contributed by atoms with Gasteiger partial charge in [0, 0.05) is 26.6 Å². The Morgan fingerprint density at radius 1 is 1.18 bits per heavy atom. The minimum Gasteiger partial charge on any atom is -0.455 e. The van der Waals surface area contributed by atoms with Crippen molar-refractivity contribution in [2.75, 3.05) is 33.4 Å². The molecule has 3 heterocycles. The SMILES string of the molecule is C=CCCC(=O)N[C@H](COC)[C@H](OC(=O)[C@@H]1[C@@H]2CC[C@]3(O2)[C@H](C(=O)N(CC=C)CCCCC)N([C@@H](CO)C(C)C)C(=O)[C@@H]13)c1ccccc1. The Morgan fingerprint density at radius 3 is 2.53 bits per heavy atom. The molecule has 0 aromatic heterocycles. The van der Waals surface area contributed by atoms with E-state index in [1.54, 1.807) is 17.1 Å². The zero-order chi connectivity index (χ0) is 35.7. The summed E-state index contributed by atoms with van der Waals surface area (Å²) in [6.45, 7) is 14.0. The number of rotatable bonds is 20. The first kappa shape index (κ1) is 38.3. The quantitative estimate of drug-likeness (QED) is 0.120. The fraction of sp³-hybridized carbons (Fsp3) is 0.632. The second kappa shape index (κ2) is 17.4. The summed E-state index contributed by atoms with van der Waals surface area (Å²) in [5.74, 6) is -3.64. The van der Waals surface area contributed by atoms with Crippen LogP contribution in [0.15, 0.2) is 55.6 Å². The Hall–Kier alpha value is -3.54. The lowest BCUT2D eigenvalue weighted by Crippen LogP contribution is -2.59. The third-order valence-electron chi connectivity index (χ3n) is 10.3. The molecule has 3 saturated heterocycles. The van der Waals surface area contributed by atoms with E-state index in [1.165, 1.54) is 12.0 Å². The average molecular weight is 682 g/mol. The number of likely N-dealkylation sites (tertiary alicyclic amines) is 1. The van der Waals surface area contributed by atoms with Gasteiger partial charge in [-0.25, -0.2) is 0 Å². The van der Waals surface area contributed by atoms with E-state index >= 15 is 0 Å². The van der Waals surface area contributed by atoms with Crippen LogP contribution in [0.4, 0.5) is 0 Å². The zero-order valence-corrected chi connectivity index (χ0v) is 29.6. The maximum Gasteiger partial charge on any atom is 0.313 e. The number of fused-ring (bicyclic) bond motifs is 1. The topological polar surface area (TPSA) is 135 Å². The number of amides is 3. The summed E-state index contributed by atoms with van der Waals surface area (Å²) < 4.78 is 18.4. The van der Waals surface area contributed by atoms with Crippen molar-refractivity contribution in [3.63, 3.8) is 0 Å². The van der Waals surface area contributed by atoms with E-state index in [4.69, 9.17) is 14.2 Å². The third kappa shape index (κ3) is 7.94. The van der Waals surface area contributed by atoms with E-state index in [9.17, 15) is 24.3 Å². The molecule has 1 aromatic rings. The number of unbranched alkanes of at least 4 members (excludes halogenated alkanes) is 2. The standard InChI is InChI=1S/C38H55N3O8/c1-7-10-15-22-40(21-9-3)36(45)34-38-20-19-29(49-38)31(32(38)35(44)41(34)28(23-42)25(4)5)37(46)48-33(26-16-13-12-14-17-26)27(24-47-6)39-30(43)18-11-8-2/h8-9,12-14,16-17,25,27-29,31-34,42H,2-3,7,10-11,15,18-24H2,1,4-6H3,(H,39,43)/t27-,28+,29+,31-,32-,33-,34+,38-/m1/s1. The molecule has 3 amide bonds. The van der Waals surface area contributed by atoms with E-state index in [2.05, 4.69) is 25.4 Å². The second-order valence-corrected chi connectivity index (χ2v) is 13.8. The summed E-state index contributed by atoms with van der Waals surface area (Å²) in [7, 11) is 1.51. The molecule has 0 saturated carbocycles. The number of methoxy groups -OCH3 is 1. The van der Waals surface area contributed by atoms with E-state index in [0.29, 0.717) is 37.9 Å². The zero-order valence-electron chi connectivity index (χ0n) is 29.6. The molecule has 2 bridgehead atoms. The summed E-state index contributed by atoms with van der Waals surface area (Å²) in [5.41, 5.74) is -0.595. The second-order valence-electron chi connectivity index (χ2n) is 13.8. The molecule has 49 heavy (non-hydrogen) atoms. The Balaban J connectivity index is 1.72. The van der Waals surface area contributed by atoms with Crippen molar-refractivity contribution in [1.82, 2.24) is 15.1 Å². The molecule has 270 valence electrons. The fourth-order valence-electron chi connectivity index (χ4n) is 7.91. The lowest BCUT2D eigenvalue weighted by molar-refractivity contribution is -0.164. The van der Waals surface area contributed by atoms with Gasteiger partial charge in [0.05, 0.1) is 43.2 Å². The highest BCUT2D eigenvalue weighted by molar-refractivity contribution is 5.98. The van der Waals surface area contributed by atoms with E-state index in [0.717, 1.165) is 19.3 Å². The molecule has 11 nitrogen and oxygen atoms in total. The lowest BCUT2D eigenvalue weighted by Gasteiger charge is -2.40. The van der Waals surface area contributed by atoms with Crippen LogP contribution in [-0.2, 0) is 33.4 Å². The number of hydrogen-bond donors (Lipinski definition) is 2. The summed E-state index contributed by atoms with van der Waals surface area (Å²) >= 11 is 0. The highest BCUT2D eigenvalue weighted by Crippen LogP contribution is 2.59. The van der Waals surface area contributed by atoms with Gasteiger partial charge in [0.25, 0.3) is 0 Å². The highest BCUT2D eigenvalue weighted by atomic mass is 16.6. The molecule has 1 spiro atoms. The number of ether oxygens (including phenoxy) is 3. The van der Waals surface area contributed by atoms with Gasteiger partial charge in [0.15, 0.2) is 0 Å². The van der Waals surface area contributed by atoms with Gasteiger partial charge in [-0.2, -0.15) is 0 Å². The minimum absolute atomic E-state index is 0.0671. The lowest BCUT2D eigenvalue weighted by atomic mass is 9.70. The molecule has 3 aliphatic rings. The van der Waals surface area contributed by atoms with Crippen LogP contribution >= 0.6 is 0 Å². The smallest absolute Gasteiger partial charge is 0.313 e. The van der Waals surface area contributed by atoms with Crippen LogP contribution in [0.3, 0.4) is 0 Å². The van der Waals surface area contributed by atoms with Crippen LogP contribution in [0, 0.1) is 17.8 Å². The third-order valence-corrected chi connectivity index (χ3v) is 10.3. The fourth-order valence-corrected chi connectivity index (χ4v) is 7.91. The number of benzene rings is 1. The Bertz CT molecular complexity index is 1320. The first-order valence-corrected chi connectivity index (χ1v) is 17.7. The van der Waals surface area contributed by atoms with Crippen LogP contribution in [0.5, 0.6) is 0 Å². The molecule has 0 radical (unpaired) electrons. The number of nitrogens with zero attached hydrogens (tertiary/aromatic N) is 2. The van der Waals surface area contributed by atoms with Crippen molar-refractivity contribution >= 4 is 23.7 Å². The van der Waals surface area contributed by atoms with Crippen LogP contribution in [0.1, 0.15) is 77.4 Å². The first-order chi connectivity index (χ1) is 23.6. The summed E-state index contributed by atoms with van der Waals surface area (Å²) in [6.07, 6.45) is 6.10. The van der Waals surface area contributed by atoms with Gasteiger partial charge < -0.3 is 34.4 Å². The molecular formula is C38H55N3O8. The molecule has 0 aliphatic carbocycles. The molecular weight excluding hydrogens is 626 g/mol. The number of carbonyl (C=O) groups is 4. The van der Waals surface area contributed by atoms with Crippen molar-refractivity contribution in [3.8, 4) is 0 Å². The van der Waals surface area contributed by atoms with E-state index < -0.39 is 53.7 Å². The molecule has 4 rings (SSSR count). The number of nitrogens with one attached hydrogen (secondary N) is 1. The summed E-state index contributed by atoms with van der Waals surface area (Å²) in [4.78, 5) is 59.7. The van der Waals surface area contributed by atoms with Crippen LogP contribution in [-0.4, -0.2) is 102 Å². The van der Waals surface area contributed by atoms with Crippen LogP contribution in [0.25, 0.3) is 0 Å². The highest BCUT2D eigenvalue weighted by Gasteiger charge is 2.76. The average Bonchev–Trinajstić information content (AvgIpc) is 3.73. The van der Waals surface area contributed by atoms with Crippen molar-refractivity contribution in [2.45, 2.75) is 102 Å². The molecule has 0 unspecified atom stereocenters. The monoisotopic (exact) mass is 681 g/mol. The van der Waals surface area contributed by atoms with Crippen molar-refractivity contribution in [2.24, 2.45) is 17.8 Å². The molecule has 8 atom stereocenters. The number of aliphatic hydroxyl groups excluding tert-OH is 1. The van der Waals surface area contributed by atoms with Gasteiger partial charge in [0.2, 0.25) is 17.7 Å². The Kier molecular flexibility index (Phi) is 13.6. The molecule has 1 aromatic carbocycles. The Labute approximate surface area is 291 Å². The largest absolute Gasteiger partial charge is 0.455 e. The molecule has 3 fully saturated rings. The summed E-state index contributed by atoms with van der Waals surface area (Å²) in [5, 5.41) is 13.5. The maximum atomic E-state index is 14.6. The van der Waals surface area contributed by atoms with Gasteiger partial charge in [-0.15, -0.1) is 13.2 Å². The van der Waals surface area contributed by atoms with E-state index in [-0.39, 0.29) is 43.3 Å². The number of esters is 1. The number of carbonyl (C=O) groups excluding carboxylic acids is 4. The van der Waals surface area contributed by atoms with Gasteiger partial charge in [-0.1, -0.05) is 76.1 Å². The van der Waals surface area contributed by atoms with E-state index in [1.807, 2.05) is 44.2 Å². The molecule has 3 aliphatic heterocycles. The number of allylic oxidation sites excluding steroid dienone is 1. The normalized spacial score (nSPS) is 25.8. The maximum absolute atomic E-state index is 14.6. The van der Waals surface area contributed by atoms with Crippen LogP contribution < -0.4 is 5.32 Å². The van der Waals surface area contributed by atoms with Gasteiger partial charge in [-0.3, -0.25) is 19.2 Å². The number of aliphatic hydroxyl groups is 1. The van der Waals surface area contributed by atoms with Crippen LogP contribution in [0.2, 0.25) is 0 Å². The van der Waals surface area contributed by atoms with Crippen molar-refractivity contribution < 1.29 is 38.5 Å². The van der Waals surface area contributed by atoms with Gasteiger partial charge in [-0.05, 0) is 37.2 Å². The predicted octanol–water partition coefficient (Wildman–Crippen LogP) is 3.96. The molecule has 11 heteroatoms. The summed E-state index contributed by atoms with van der Waals surface area (Å²) in [6, 6.07) is 6.72. The number of hydrogen-bond acceptors (Lipinski definition) is 8. The minimum atomic E-state index is -1.25. The van der Waals surface area contributed by atoms with Gasteiger partial charge >= 0.3 is 5.97 Å². The van der Waals surface area contributed by atoms with Crippen molar-refractivity contribution in [3.05, 3.63) is 61.2 Å². The first-order valence-electron chi connectivity index (χ1n) is 17.7. The predicted molar refractivity (Wildman–Crippen MR) is 185 cm³/mol. The Morgan fingerprint density at radius 2 is 1.92 bits per heavy atom.